The van der Waals surface area contributed by atoms with Crippen LogP contribution in [0.4, 0.5) is 0 Å². The Morgan fingerprint density at radius 2 is 2.12 bits per heavy atom. The van der Waals surface area contributed by atoms with Crippen LogP contribution in [0.5, 0.6) is 0 Å². The topological polar surface area (TPSA) is 73.5 Å². The number of nitrogens with one attached hydrogen (secondary N) is 3. The van der Waals surface area contributed by atoms with Crippen LogP contribution in [-0.4, -0.2) is 49.9 Å². The van der Waals surface area contributed by atoms with Crippen molar-refractivity contribution in [3.05, 3.63) is 0 Å². The van der Waals surface area contributed by atoms with Gasteiger partial charge in [-0.2, -0.15) is 0 Å². The molecule has 3 N–H and O–H groups in total. The number of hydrogen-bond acceptors (Lipinski definition) is 4. The lowest BCUT2D eigenvalue weighted by molar-refractivity contribution is -0.128. The highest BCUT2D eigenvalue weighted by Crippen LogP contribution is 2.14. The van der Waals surface area contributed by atoms with E-state index in [4.69, 9.17) is 0 Å². The second-order valence-electron chi connectivity index (χ2n) is 4.18. The number of amides is 2. The van der Waals surface area contributed by atoms with Crippen molar-refractivity contribution in [1.29, 1.82) is 0 Å². The first-order valence-electron chi connectivity index (χ1n) is 5.54. The van der Waals surface area contributed by atoms with Gasteiger partial charge in [-0.25, -0.2) is 0 Å². The molecule has 2 amide bonds. The summed E-state index contributed by atoms with van der Waals surface area (Å²) < 4.78 is 0. The van der Waals surface area contributed by atoms with Gasteiger partial charge in [0.15, 0.2) is 0 Å². The van der Waals surface area contributed by atoms with E-state index in [2.05, 4.69) is 21.1 Å². The molecule has 0 radical (unpaired) electrons. The Labute approximate surface area is 95.7 Å². The van der Waals surface area contributed by atoms with Crippen molar-refractivity contribution in [1.82, 2.24) is 21.1 Å². The molecular weight excluding hydrogens is 208 g/mol. The standard InChI is InChI=1S/C10H20N4O2/c1-8(15)12-13-10(16)7-14-4-3-9(6-14)5-11-2/h9,11H,3-7H2,1-2H3,(H,12,15)(H,13,16). The zero-order chi connectivity index (χ0) is 12.0. The Bertz CT molecular complexity index is 257. The third-order valence-corrected chi connectivity index (χ3v) is 2.61. The van der Waals surface area contributed by atoms with Crippen LogP contribution in [0.3, 0.4) is 0 Å². The van der Waals surface area contributed by atoms with Crippen LogP contribution >= 0.6 is 0 Å². The van der Waals surface area contributed by atoms with E-state index in [9.17, 15) is 9.59 Å². The average molecular weight is 228 g/mol. The minimum atomic E-state index is -0.261. The molecule has 0 aromatic carbocycles. The molecule has 92 valence electrons. The van der Waals surface area contributed by atoms with Gasteiger partial charge in [-0.3, -0.25) is 25.3 Å². The molecule has 0 saturated carbocycles. The van der Waals surface area contributed by atoms with E-state index in [0.717, 1.165) is 26.1 Å². The monoisotopic (exact) mass is 228 g/mol. The van der Waals surface area contributed by atoms with E-state index >= 15 is 0 Å². The normalized spacial score (nSPS) is 20.8. The molecular formula is C10H20N4O2. The van der Waals surface area contributed by atoms with Gasteiger partial charge in [-0.05, 0) is 32.5 Å². The molecule has 1 aliphatic heterocycles. The van der Waals surface area contributed by atoms with E-state index in [0.29, 0.717) is 12.5 Å². The summed E-state index contributed by atoms with van der Waals surface area (Å²) in [6.07, 6.45) is 1.12. The van der Waals surface area contributed by atoms with Gasteiger partial charge in [0.2, 0.25) is 5.91 Å². The van der Waals surface area contributed by atoms with Crippen molar-refractivity contribution in [2.45, 2.75) is 13.3 Å². The fourth-order valence-electron chi connectivity index (χ4n) is 1.91. The fourth-order valence-corrected chi connectivity index (χ4v) is 1.91. The maximum absolute atomic E-state index is 11.4. The Morgan fingerprint density at radius 1 is 1.38 bits per heavy atom. The second kappa shape index (κ2) is 6.44. The molecule has 1 heterocycles. The van der Waals surface area contributed by atoms with Crippen molar-refractivity contribution in [3.63, 3.8) is 0 Å². The van der Waals surface area contributed by atoms with Gasteiger partial charge < -0.3 is 5.32 Å². The number of nitrogens with zero attached hydrogens (tertiary/aromatic N) is 1. The number of carbonyl (C=O) groups is 2. The van der Waals surface area contributed by atoms with Gasteiger partial charge >= 0.3 is 0 Å². The molecule has 0 aliphatic carbocycles. The van der Waals surface area contributed by atoms with Gasteiger partial charge in [0, 0.05) is 13.5 Å². The lowest BCUT2D eigenvalue weighted by Crippen LogP contribution is -2.45. The highest BCUT2D eigenvalue weighted by atomic mass is 16.2. The summed E-state index contributed by atoms with van der Waals surface area (Å²) >= 11 is 0. The van der Waals surface area contributed by atoms with Crippen LogP contribution in [0.25, 0.3) is 0 Å². The molecule has 6 heteroatoms. The zero-order valence-electron chi connectivity index (χ0n) is 9.88. The molecule has 0 spiro atoms. The second-order valence-corrected chi connectivity index (χ2v) is 4.18. The molecule has 1 rings (SSSR count). The molecule has 1 aliphatic rings. The lowest BCUT2D eigenvalue weighted by Gasteiger charge is -2.15. The predicted octanol–water partition coefficient (Wildman–Crippen LogP) is -1.30. The summed E-state index contributed by atoms with van der Waals surface area (Å²) in [5.74, 6) is 0.196. The van der Waals surface area contributed by atoms with Gasteiger partial charge in [0.25, 0.3) is 5.91 Å². The molecule has 0 bridgehead atoms. The van der Waals surface area contributed by atoms with Crippen LogP contribution in [0.1, 0.15) is 13.3 Å². The third kappa shape index (κ3) is 4.59. The molecule has 16 heavy (non-hydrogen) atoms. The SMILES string of the molecule is CNCC1CCN(CC(=O)NNC(C)=O)C1. The van der Waals surface area contributed by atoms with Gasteiger partial charge in [-0.1, -0.05) is 0 Å². The minimum Gasteiger partial charge on any atom is -0.319 e. The Hall–Kier alpha value is -1.14. The van der Waals surface area contributed by atoms with Gasteiger partial charge in [-0.15, -0.1) is 0 Å². The first-order chi connectivity index (χ1) is 7.61. The van der Waals surface area contributed by atoms with Gasteiger partial charge in [0.05, 0.1) is 6.54 Å². The quantitative estimate of drug-likeness (QED) is 0.523. The average Bonchev–Trinajstić information content (AvgIpc) is 2.63. The highest BCUT2D eigenvalue weighted by Gasteiger charge is 2.23. The smallest absolute Gasteiger partial charge is 0.252 e. The molecule has 1 atom stereocenters. The van der Waals surface area contributed by atoms with E-state index in [-0.39, 0.29) is 11.8 Å². The predicted molar refractivity (Wildman–Crippen MR) is 60.4 cm³/mol. The van der Waals surface area contributed by atoms with Gasteiger partial charge in [0.1, 0.15) is 0 Å². The van der Waals surface area contributed by atoms with Crippen LogP contribution < -0.4 is 16.2 Å². The minimum absolute atomic E-state index is 0.166. The summed E-state index contributed by atoms with van der Waals surface area (Å²) in [4.78, 5) is 24.1. The van der Waals surface area contributed by atoms with Crippen LogP contribution in [0.2, 0.25) is 0 Å². The maximum Gasteiger partial charge on any atom is 0.252 e. The summed E-state index contributed by atoms with van der Waals surface area (Å²) in [5, 5.41) is 3.14. The highest BCUT2D eigenvalue weighted by molar-refractivity contribution is 5.81. The number of hydrogen-bond donors (Lipinski definition) is 3. The number of carbonyl (C=O) groups excluding carboxylic acids is 2. The maximum atomic E-state index is 11.4. The van der Waals surface area contributed by atoms with Crippen molar-refractivity contribution < 1.29 is 9.59 Å². The Balaban J connectivity index is 2.18. The Morgan fingerprint density at radius 3 is 2.75 bits per heavy atom. The van der Waals surface area contributed by atoms with Crippen molar-refractivity contribution in [2.24, 2.45) is 5.92 Å². The first-order valence-corrected chi connectivity index (χ1v) is 5.54. The van der Waals surface area contributed by atoms with Crippen LogP contribution in [0.15, 0.2) is 0 Å². The van der Waals surface area contributed by atoms with E-state index in [1.54, 1.807) is 0 Å². The number of rotatable bonds is 4. The molecule has 6 nitrogen and oxygen atoms in total. The zero-order valence-corrected chi connectivity index (χ0v) is 9.88. The summed E-state index contributed by atoms with van der Waals surface area (Å²) in [7, 11) is 1.94. The largest absolute Gasteiger partial charge is 0.319 e. The van der Waals surface area contributed by atoms with Crippen molar-refractivity contribution >= 4 is 11.8 Å². The lowest BCUT2D eigenvalue weighted by atomic mass is 10.1. The van der Waals surface area contributed by atoms with E-state index in [1.807, 2.05) is 7.05 Å². The van der Waals surface area contributed by atoms with Crippen molar-refractivity contribution in [3.8, 4) is 0 Å². The number of likely N-dealkylation sites (tertiary alicyclic amines) is 1. The summed E-state index contributed by atoms with van der Waals surface area (Å²) in [5.41, 5.74) is 4.64. The summed E-state index contributed by atoms with van der Waals surface area (Å²) in [6.45, 7) is 4.58. The summed E-state index contributed by atoms with van der Waals surface area (Å²) in [6, 6.07) is 0. The first kappa shape index (κ1) is 12.9. The molecule has 0 aromatic heterocycles. The van der Waals surface area contributed by atoms with E-state index in [1.165, 1.54) is 6.92 Å². The molecule has 1 fully saturated rings. The van der Waals surface area contributed by atoms with Crippen LogP contribution in [-0.2, 0) is 9.59 Å². The molecule has 0 aromatic rings. The fraction of sp³-hybridized carbons (Fsp3) is 0.800. The van der Waals surface area contributed by atoms with E-state index < -0.39 is 0 Å². The molecule has 1 unspecified atom stereocenters. The molecule has 1 saturated heterocycles. The third-order valence-electron chi connectivity index (χ3n) is 2.61. The Kier molecular flexibility index (Phi) is 5.21. The van der Waals surface area contributed by atoms with Crippen molar-refractivity contribution in [2.75, 3.05) is 33.2 Å². The van der Waals surface area contributed by atoms with Crippen LogP contribution in [0, 0.1) is 5.92 Å². The number of hydrazine groups is 1.